The van der Waals surface area contributed by atoms with Gasteiger partial charge in [-0.15, -0.1) is 0 Å². The van der Waals surface area contributed by atoms with Crippen LogP contribution in [-0.4, -0.2) is 26.8 Å². The van der Waals surface area contributed by atoms with Crippen molar-refractivity contribution in [1.82, 2.24) is 9.78 Å². The minimum Gasteiger partial charge on any atom is -0.479 e. The highest BCUT2D eigenvalue weighted by molar-refractivity contribution is 6.34. The van der Waals surface area contributed by atoms with Gasteiger partial charge in [-0.1, -0.05) is 23.2 Å². The number of carbonyl (C=O) groups excluding carboxylic acids is 1. The molecule has 1 aromatic heterocycles. The fraction of sp³-hybridized carbons (Fsp3) is 0.353. The summed E-state index contributed by atoms with van der Waals surface area (Å²) in [6.07, 6.45) is 3.67. The molecule has 2 aromatic rings. The van der Waals surface area contributed by atoms with Gasteiger partial charge in [0.1, 0.15) is 0 Å². The molecule has 2 atom stereocenters. The Morgan fingerprint density at radius 1 is 1.28 bits per heavy atom. The second kappa shape index (κ2) is 6.35. The van der Waals surface area contributed by atoms with E-state index < -0.39 is 11.5 Å². The Balaban J connectivity index is 1.66. The third kappa shape index (κ3) is 3.65. The summed E-state index contributed by atoms with van der Waals surface area (Å²) in [7, 11) is 0. The average molecular weight is 382 g/mol. The quantitative estimate of drug-likeness (QED) is 0.825. The lowest BCUT2D eigenvalue weighted by atomic mass is 10.1. The van der Waals surface area contributed by atoms with Crippen LogP contribution in [0.2, 0.25) is 10.0 Å². The highest BCUT2D eigenvalue weighted by Crippen LogP contribution is 2.49. The number of anilines is 1. The summed E-state index contributed by atoms with van der Waals surface area (Å²) < 4.78 is 1.31. The fourth-order valence-electron chi connectivity index (χ4n) is 2.67. The number of nitrogens with zero attached hydrogens (tertiary/aromatic N) is 2. The van der Waals surface area contributed by atoms with Gasteiger partial charge in [0.15, 0.2) is 5.54 Å². The predicted molar refractivity (Wildman–Crippen MR) is 95.1 cm³/mol. The maximum Gasteiger partial charge on any atom is 0.331 e. The highest BCUT2D eigenvalue weighted by Gasteiger charge is 2.44. The van der Waals surface area contributed by atoms with E-state index in [1.54, 1.807) is 6.07 Å². The van der Waals surface area contributed by atoms with Crippen molar-refractivity contribution in [1.29, 1.82) is 0 Å². The molecule has 1 saturated carbocycles. The van der Waals surface area contributed by atoms with E-state index in [0.717, 1.165) is 12.0 Å². The number of aromatic nitrogens is 2. The third-order valence-corrected chi connectivity index (χ3v) is 4.82. The van der Waals surface area contributed by atoms with Crippen LogP contribution in [0.15, 0.2) is 30.6 Å². The molecule has 0 aliphatic heterocycles. The minimum absolute atomic E-state index is 0.0849. The van der Waals surface area contributed by atoms with E-state index in [-0.39, 0.29) is 17.7 Å². The molecule has 1 aliphatic carbocycles. The van der Waals surface area contributed by atoms with Crippen LogP contribution in [0.25, 0.3) is 0 Å². The number of carbonyl (C=O) groups is 2. The minimum atomic E-state index is -1.19. The summed E-state index contributed by atoms with van der Waals surface area (Å²) in [4.78, 5) is 23.6. The van der Waals surface area contributed by atoms with Crippen LogP contribution >= 0.6 is 23.2 Å². The topological polar surface area (TPSA) is 84.2 Å². The van der Waals surface area contributed by atoms with Crippen LogP contribution in [0.3, 0.4) is 0 Å². The van der Waals surface area contributed by atoms with Crippen LogP contribution < -0.4 is 5.32 Å². The zero-order valence-electron chi connectivity index (χ0n) is 13.7. The molecule has 1 aromatic carbocycles. The molecule has 132 valence electrons. The maximum atomic E-state index is 12.4. The standard InChI is InChI=1S/C17H17Cl2N3O3/c1-17(2,16(24)25)22-8-12(7-20-22)21-15(23)14-6-13(14)9-3-10(18)5-11(19)4-9/h3-5,7-8,13-14H,6H2,1-2H3,(H,21,23)(H,24,25). The van der Waals surface area contributed by atoms with E-state index in [4.69, 9.17) is 23.2 Å². The molecule has 0 bridgehead atoms. The average Bonchev–Trinajstić information content (AvgIpc) is 3.18. The fourth-order valence-corrected chi connectivity index (χ4v) is 3.21. The van der Waals surface area contributed by atoms with E-state index in [2.05, 4.69) is 10.4 Å². The lowest BCUT2D eigenvalue weighted by molar-refractivity contribution is -0.146. The van der Waals surface area contributed by atoms with E-state index >= 15 is 0 Å². The number of rotatable bonds is 5. The van der Waals surface area contributed by atoms with Crippen molar-refractivity contribution in [3.63, 3.8) is 0 Å². The molecule has 1 amide bonds. The van der Waals surface area contributed by atoms with Crippen LogP contribution in [0.4, 0.5) is 5.69 Å². The smallest absolute Gasteiger partial charge is 0.331 e. The Morgan fingerprint density at radius 2 is 1.92 bits per heavy atom. The molecule has 2 N–H and O–H groups in total. The third-order valence-electron chi connectivity index (χ3n) is 4.39. The summed E-state index contributed by atoms with van der Waals surface area (Å²) in [5, 5.41) is 17.1. The van der Waals surface area contributed by atoms with Gasteiger partial charge in [-0.3, -0.25) is 9.48 Å². The number of carboxylic acids is 1. The summed E-state index contributed by atoms with van der Waals surface area (Å²) >= 11 is 12.0. The molecule has 0 saturated heterocycles. The highest BCUT2D eigenvalue weighted by atomic mass is 35.5. The molecular formula is C17H17Cl2N3O3. The van der Waals surface area contributed by atoms with Crippen molar-refractivity contribution < 1.29 is 14.7 Å². The largest absolute Gasteiger partial charge is 0.479 e. The van der Waals surface area contributed by atoms with E-state index in [0.29, 0.717) is 15.7 Å². The molecule has 1 aliphatic rings. The van der Waals surface area contributed by atoms with Gasteiger partial charge in [-0.2, -0.15) is 5.10 Å². The van der Waals surface area contributed by atoms with Crippen molar-refractivity contribution >= 4 is 40.8 Å². The first-order valence-corrected chi connectivity index (χ1v) is 8.49. The number of carboxylic acid groups (broad SMARTS) is 1. The second-order valence-corrected chi connectivity index (χ2v) is 7.55. The van der Waals surface area contributed by atoms with Gasteiger partial charge in [0, 0.05) is 22.2 Å². The van der Waals surface area contributed by atoms with Crippen molar-refractivity contribution in [3.05, 3.63) is 46.2 Å². The number of halogens is 2. The summed E-state index contributed by atoms with van der Waals surface area (Å²) in [5.74, 6) is -1.21. The number of hydrogen-bond acceptors (Lipinski definition) is 3. The van der Waals surface area contributed by atoms with Gasteiger partial charge in [0.05, 0.1) is 11.9 Å². The lowest BCUT2D eigenvalue weighted by Gasteiger charge is -2.19. The number of nitrogens with one attached hydrogen (secondary N) is 1. The van der Waals surface area contributed by atoms with E-state index in [9.17, 15) is 14.7 Å². The molecule has 8 heteroatoms. The lowest BCUT2D eigenvalue weighted by Crippen LogP contribution is -2.35. The van der Waals surface area contributed by atoms with Crippen LogP contribution in [0.5, 0.6) is 0 Å². The Hall–Kier alpha value is -2.05. The molecule has 1 heterocycles. The Labute approximate surface area is 154 Å². The van der Waals surface area contributed by atoms with Gasteiger partial charge in [0.25, 0.3) is 0 Å². The predicted octanol–water partition coefficient (Wildman–Crippen LogP) is 3.75. The Bertz CT molecular complexity index is 827. The molecule has 3 rings (SSSR count). The van der Waals surface area contributed by atoms with Crippen LogP contribution in [-0.2, 0) is 15.1 Å². The number of aliphatic carboxylic acids is 1. The normalized spacial score (nSPS) is 19.5. The van der Waals surface area contributed by atoms with Gasteiger partial charge >= 0.3 is 5.97 Å². The molecular weight excluding hydrogens is 365 g/mol. The summed E-state index contributed by atoms with van der Waals surface area (Å²) in [6, 6.07) is 5.29. The monoisotopic (exact) mass is 381 g/mol. The molecule has 6 nitrogen and oxygen atoms in total. The van der Waals surface area contributed by atoms with Crippen molar-refractivity contribution in [2.75, 3.05) is 5.32 Å². The van der Waals surface area contributed by atoms with E-state index in [1.165, 1.54) is 30.9 Å². The maximum absolute atomic E-state index is 12.4. The van der Waals surface area contributed by atoms with Gasteiger partial charge in [-0.05, 0) is 49.9 Å². The molecule has 2 unspecified atom stereocenters. The van der Waals surface area contributed by atoms with E-state index in [1.807, 2.05) is 12.1 Å². The first-order chi connectivity index (χ1) is 11.7. The summed E-state index contributed by atoms with van der Waals surface area (Å²) in [6.45, 7) is 3.07. The van der Waals surface area contributed by atoms with Crippen LogP contribution in [0, 0.1) is 5.92 Å². The van der Waals surface area contributed by atoms with Crippen molar-refractivity contribution in [2.24, 2.45) is 5.92 Å². The first-order valence-electron chi connectivity index (χ1n) is 7.74. The molecule has 25 heavy (non-hydrogen) atoms. The Kier molecular flexibility index (Phi) is 4.51. The summed E-state index contributed by atoms with van der Waals surface area (Å²) in [5.41, 5.74) is 0.220. The SMILES string of the molecule is CC(C)(C(=O)O)n1cc(NC(=O)C2CC2c2cc(Cl)cc(Cl)c2)cn1. The number of hydrogen-bond donors (Lipinski definition) is 2. The van der Waals surface area contributed by atoms with Crippen molar-refractivity contribution in [2.45, 2.75) is 31.7 Å². The first kappa shape index (κ1) is 17.8. The second-order valence-electron chi connectivity index (χ2n) is 6.68. The van der Waals surface area contributed by atoms with Gasteiger partial charge in [-0.25, -0.2) is 4.79 Å². The van der Waals surface area contributed by atoms with Gasteiger partial charge < -0.3 is 10.4 Å². The number of benzene rings is 1. The zero-order valence-corrected chi connectivity index (χ0v) is 15.2. The van der Waals surface area contributed by atoms with Crippen molar-refractivity contribution in [3.8, 4) is 0 Å². The Morgan fingerprint density at radius 3 is 2.52 bits per heavy atom. The number of amides is 1. The zero-order chi connectivity index (χ0) is 18.4. The molecule has 1 fully saturated rings. The van der Waals surface area contributed by atoms with Gasteiger partial charge in [0.2, 0.25) is 5.91 Å². The molecule has 0 spiro atoms. The molecule has 0 radical (unpaired) electrons. The van der Waals surface area contributed by atoms with Crippen LogP contribution in [0.1, 0.15) is 31.7 Å².